The fraction of sp³-hybridized carbons (Fsp3) is 0.913. The number of ketones is 1. The predicted molar refractivity (Wildman–Crippen MR) is 219 cm³/mol. The zero-order valence-electron chi connectivity index (χ0n) is 35.2. The Morgan fingerprint density at radius 1 is 0.500 bits per heavy atom. The summed E-state index contributed by atoms with van der Waals surface area (Å²) >= 11 is 0. The molecule has 0 aromatic heterocycles. The van der Waals surface area contributed by atoms with Crippen LogP contribution in [0.5, 0.6) is 0 Å². The van der Waals surface area contributed by atoms with Crippen LogP contribution < -0.4 is 0 Å². The molecule has 0 saturated carbocycles. The van der Waals surface area contributed by atoms with E-state index in [1.807, 2.05) is 0 Å². The van der Waals surface area contributed by atoms with Gasteiger partial charge in [0.15, 0.2) is 6.10 Å². The molecular weight excluding hydrogens is 680 g/mol. The fourth-order valence-electron chi connectivity index (χ4n) is 7.43. The Kier molecular flexibility index (Phi) is 34.0. The van der Waals surface area contributed by atoms with Crippen molar-refractivity contribution in [2.45, 2.75) is 263 Å². The predicted octanol–water partition coefficient (Wildman–Crippen LogP) is 12.4. The molecule has 8 heteroatoms. The van der Waals surface area contributed by atoms with Crippen molar-refractivity contribution in [1.29, 1.82) is 0 Å². The lowest BCUT2D eigenvalue weighted by molar-refractivity contribution is -0.172. The number of carbonyl (C=O) groups is 4. The van der Waals surface area contributed by atoms with E-state index in [0.29, 0.717) is 12.8 Å². The summed E-state index contributed by atoms with van der Waals surface area (Å²) < 4.78 is 15.9. The Morgan fingerprint density at radius 3 is 1.09 bits per heavy atom. The average Bonchev–Trinajstić information content (AvgIpc) is 3.42. The number of hydrogen-bond donors (Lipinski definition) is 1. The molecule has 1 aliphatic rings. The van der Waals surface area contributed by atoms with Gasteiger partial charge in [-0.3, -0.25) is 14.4 Å². The van der Waals surface area contributed by atoms with E-state index in [9.17, 15) is 24.3 Å². The van der Waals surface area contributed by atoms with E-state index in [1.165, 1.54) is 173 Å². The lowest BCUT2D eigenvalue weighted by Crippen LogP contribution is -2.41. The third-order valence-corrected chi connectivity index (χ3v) is 11.0. The van der Waals surface area contributed by atoms with Crippen molar-refractivity contribution in [3.8, 4) is 0 Å². The molecule has 0 spiro atoms. The highest BCUT2D eigenvalue weighted by molar-refractivity contribution is 6.09. The van der Waals surface area contributed by atoms with Crippen LogP contribution >= 0.6 is 0 Å². The zero-order valence-corrected chi connectivity index (χ0v) is 35.2. The van der Waals surface area contributed by atoms with Gasteiger partial charge in [0.2, 0.25) is 18.0 Å². The summed E-state index contributed by atoms with van der Waals surface area (Å²) in [5.41, 5.74) is 0. The summed E-state index contributed by atoms with van der Waals surface area (Å²) in [6, 6.07) is 0. The van der Waals surface area contributed by atoms with Gasteiger partial charge in [-0.1, -0.05) is 219 Å². The molecule has 0 bridgehead atoms. The zero-order chi connectivity index (χ0) is 39.3. The van der Waals surface area contributed by atoms with Crippen LogP contribution in [0.4, 0.5) is 0 Å². The standard InChI is InChI=1S/C46H84O8/c1-3-5-7-9-11-13-15-17-19-21-23-25-27-29-31-33-35-37-41(47)52-39-40(45-43(49)44(50)46(51)54-45)53-42(48)38-36-34-32-30-28-26-24-22-20-18-16-14-12-10-8-6-4-2/h40,44-45,50H,3-39H2,1-2H3/t40-,44?,45+/m0/s1. The maximum Gasteiger partial charge on any atom is 0.343 e. The minimum absolute atomic E-state index is 0.166. The van der Waals surface area contributed by atoms with Crippen LogP contribution in [0.1, 0.15) is 245 Å². The van der Waals surface area contributed by atoms with E-state index in [2.05, 4.69) is 13.8 Å². The van der Waals surface area contributed by atoms with E-state index in [4.69, 9.17) is 14.2 Å². The lowest BCUT2D eigenvalue weighted by Gasteiger charge is -2.21. The van der Waals surface area contributed by atoms with Gasteiger partial charge in [-0.25, -0.2) is 4.79 Å². The molecule has 0 aromatic rings. The quantitative estimate of drug-likeness (QED) is 0.0284. The van der Waals surface area contributed by atoms with Crippen LogP contribution in [0.3, 0.4) is 0 Å². The summed E-state index contributed by atoms with van der Waals surface area (Å²) in [6.07, 6.45) is 38.4. The highest BCUT2D eigenvalue weighted by atomic mass is 16.6. The SMILES string of the molecule is CCCCCCCCCCCCCCCCCCCC(=O)OC[C@H](OC(=O)CCCCCCCCCCCCCCCCCCC)[C@H]1OC(=O)C(O)C1=O. The molecule has 3 atom stereocenters. The first kappa shape index (κ1) is 50.1. The molecule has 1 rings (SSSR count). The van der Waals surface area contributed by atoms with Gasteiger partial charge in [-0.05, 0) is 12.8 Å². The topological polar surface area (TPSA) is 116 Å². The Labute approximate surface area is 331 Å². The van der Waals surface area contributed by atoms with Crippen molar-refractivity contribution in [1.82, 2.24) is 0 Å². The van der Waals surface area contributed by atoms with E-state index in [0.717, 1.165) is 32.1 Å². The van der Waals surface area contributed by atoms with Crippen LogP contribution in [0.15, 0.2) is 0 Å². The maximum absolute atomic E-state index is 12.7. The molecule has 1 aliphatic heterocycles. The maximum atomic E-state index is 12.7. The number of unbranched alkanes of at least 4 members (excludes halogenated alkanes) is 32. The van der Waals surface area contributed by atoms with Gasteiger partial charge in [-0.2, -0.15) is 0 Å². The molecular formula is C46H84O8. The number of aliphatic hydroxyl groups is 1. The summed E-state index contributed by atoms with van der Waals surface area (Å²) in [5.74, 6) is -2.92. The number of esters is 3. The van der Waals surface area contributed by atoms with E-state index in [-0.39, 0.29) is 19.4 Å². The monoisotopic (exact) mass is 765 g/mol. The second kappa shape index (κ2) is 36.7. The third kappa shape index (κ3) is 28.4. The van der Waals surface area contributed by atoms with Crippen LogP contribution in [-0.2, 0) is 33.4 Å². The molecule has 1 saturated heterocycles. The average molecular weight is 765 g/mol. The summed E-state index contributed by atoms with van der Waals surface area (Å²) in [6.45, 7) is 4.14. The first-order chi connectivity index (χ1) is 26.4. The summed E-state index contributed by atoms with van der Waals surface area (Å²) in [4.78, 5) is 49.4. The van der Waals surface area contributed by atoms with Gasteiger partial charge in [-0.15, -0.1) is 0 Å². The number of Topliss-reactive ketones (excluding diaryl/α,β-unsaturated/α-hetero) is 1. The largest absolute Gasteiger partial charge is 0.462 e. The van der Waals surface area contributed by atoms with Crippen LogP contribution in [-0.4, -0.2) is 53.7 Å². The smallest absolute Gasteiger partial charge is 0.343 e. The van der Waals surface area contributed by atoms with Crippen molar-refractivity contribution < 1.29 is 38.5 Å². The number of aliphatic hydroxyl groups excluding tert-OH is 1. The summed E-state index contributed by atoms with van der Waals surface area (Å²) in [7, 11) is 0. The van der Waals surface area contributed by atoms with Gasteiger partial charge >= 0.3 is 17.9 Å². The Morgan fingerprint density at radius 2 is 0.796 bits per heavy atom. The number of ether oxygens (including phenoxy) is 3. The van der Waals surface area contributed by atoms with Crippen molar-refractivity contribution in [3.05, 3.63) is 0 Å². The minimum atomic E-state index is -1.91. The minimum Gasteiger partial charge on any atom is -0.462 e. The molecule has 8 nitrogen and oxygen atoms in total. The van der Waals surface area contributed by atoms with E-state index < -0.39 is 42.0 Å². The molecule has 1 N–H and O–H groups in total. The van der Waals surface area contributed by atoms with Gasteiger partial charge in [0.1, 0.15) is 6.61 Å². The summed E-state index contributed by atoms with van der Waals surface area (Å²) in [5, 5.41) is 9.81. The van der Waals surface area contributed by atoms with E-state index in [1.54, 1.807) is 0 Å². The van der Waals surface area contributed by atoms with Gasteiger partial charge in [0, 0.05) is 12.8 Å². The molecule has 1 fully saturated rings. The molecule has 0 aromatic carbocycles. The highest BCUT2D eigenvalue weighted by Gasteiger charge is 2.48. The first-order valence-corrected chi connectivity index (χ1v) is 23.2. The Bertz CT molecular complexity index is 920. The van der Waals surface area contributed by atoms with Crippen molar-refractivity contribution in [2.24, 2.45) is 0 Å². The first-order valence-electron chi connectivity index (χ1n) is 23.2. The van der Waals surface area contributed by atoms with Crippen LogP contribution in [0.2, 0.25) is 0 Å². The number of rotatable bonds is 40. The van der Waals surface area contributed by atoms with Crippen molar-refractivity contribution in [2.75, 3.05) is 6.61 Å². The molecule has 1 unspecified atom stereocenters. The molecule has 1 heterocycles. The lowest BCUT2D eigenvalue weighted by atomic mass is 10.0. The molecule has 0 radical (unpaired) electrons. The fourth-order valence-corrected chi connectivity index (χ4v) is 7.43. The van der Waals surface area contributed by atoms with Crippen LogP contribution in [0, 0.1) is 0 Å². The second-order valence-electron chi connectivity index (χ2n) is 16.2. The van der Waals surface area contributed by atoms with Crippen LogP contribution in [0.25, 0.3) is 0 Å². The molecule has 0 amide bonds. The molecule has 0 aliphatic carbocycles. The second-order valence-corrected chi connectivity index (χ2v) is 16.2. The van der Waals surface area contributed by atoms with Crippen molar-refractivity contribution >= 4 is 23.7 Å². The molecule has 316 valence electrons. The number of carbonyl (C=O) groups excluding carboxylic acids is 4. The Hall–Kier alpha value is -1.96. The molecule has 54 heavy (non-hydrogen) atoms. The third-order valence-electron chi connectivity index (χ3n) is 11.0. The normalized spacial score (nSPS) is 16.1. The van der Waals surface area contributed by atoms with Gasteiger partial charge in [0.25, 0.3) is 0 Å². The van der Waals surface area contributed by atoms with Gasteiger partial charge < -0.3 is 19.3 Å². The number of cyclic esters (lactones) is 1. The highest BCUT2D eigenvalue weighted by Crippen LogP contribution is 2.20. The van der Waals surface area contributed by atoms with Gasteiger partial charge in [0.05, 0.1) is 0 Å². The number of hydrogen-bond acceptors (Lipinski definition) is 8. The van der Waals surface area contributed by atoms with E-state index >= 15 is 0 Å². The Balaban J connectivity index is 2.11. The van der Waals surface area contributed by atoms with Crippen molar-refractivity contribution in [3.63, 3.8) is 0 Å².